The fourth-order valence-corrected chi connectivity index (χ4v) is 3.82. The molecule has 0 bridgehead atoms. The van der Waals surface area contributed by atoms with E-state index < -0.39 is 17.6 Å². The summed E-state index contributed by atoms with van der Waals surface area (Å²) in [5.41, 5.74) is 0.0512. The lowest BCUT2D eigenvalue weighted by Crippen LogP contribution is -2.34. The average molecular weight is 495 g/mol. The van der Waals surface area contributed by atoms with Crippen molar-refractivity contribution < 1.29 is 22.7 Å². The number of amides is 1. The van der Waals surface area contributed by atoms with Gasteiger partial charge in [0.25, 0.3) is 5.91 Å². The molecule has 1 aromatic carbocycles. The molecule has 174 valence electrons. The van der Waals surface area contributed by atoms with Crippen LogP contribution in [0.4, 0.5) is 18.9 Å². The molecule has 3 aromatic rings. The molecule has 2 heterocycles. The molecule has 6 nitrogen and oxygen atoms in total. The summed E-state index contributed by atoms with van der Waals surface area (Å²) in [4.78, 5) is 20.7. The van der Waals surface area contributed by atoms with Crippen molar-refractivity contribution in [2.75, 3.05) is 11.9 Å². The molecular weight excluding hydrogens is 473 g/mol. The third-order valence-electron chi connectivity index (χ3n) is 4.42. The largest absolute Gasteiger partial charge is 0.493 e. The Hall–Kier alpha value is -3.05. The lowest BCUT2D eigenvalue weighted by atomic mass is 10.1. The van der Waals surface area contributed by atoms with Crippen molar-refractivity contribution in [1.29, 1.82) is 0 Å². The van der Waals surface area contributed by atoms with E-state index in [1.54, 1.807) is 23.8 Å². The number of thiazole rings is 1. The number of pyridine rings is 1. The molecule has 2 aromatic heterocycles. The molecular formula is C22H21F3N4O2S2. The number of anilines is 1. The molecule has 2 N–H and O–H groups in total. The van der Waals surface area contributed by atoms with E-state index in [1.165, 1.54) is 23.5 Å². The summed E-state index contributed by atoms with van der Waals surface area (Å²) in [6.45, 7) is 2.20. The molecule has 0 aliphatic rings. The number of aromatic nitrogens is 2. The maximum Gasteiger partial charge on any atom is 0.420 e. The van der Waals surface area contributed by atoms with Crippen molar-refractivity contribution in [2.45, 2.75) is 32.4 Å². The molecule has 0 fully saturated rings. The summed E-state index contributed by atoms with van der Waals surface area (Å²) in [6.07, 6.45) is 1.13. The highest BCUT2D eigenvalue weighted by molar-refractivity contribution is 7.80. The fourth-order valence-electron chi connectivity index (χ4n) is 2.82. The number of alkyl halides is 3. The Morgan fingerprint density at radius 1 is 1.24 bits per heavy atom. The van der Waals surface area contributed by atoms with Crippen molar-refractivity contribution in [3.8, 4) is 16.3 Å². The van der Waals surface area contributed by atoms with Gasteiger partial charge in [0.05, 0.1) is 12.2 Å². The van der Waals surface area contributed by atoms with E-state index in [0.29, 0.717) is 11.4 Å². The van der Waals surface area contributed by atoms with Crippen LogP contribution in [0.25, 0.3) is 10.6 Å². The number of rotatable bonds is 8. The maximum absolute atomic E-state index is 13.5. The zero-order valence-electron chi connectivity index (χ0n) is 17.6. The molecule has 0 spiro atoms. The molecule has 0 radical (unpaired) electrons. The summed E-state index contributed by atoms with van der Waals surface area (Å²) in [5, 5.41) is 7.05. The van der Waals surface area contributed by atoms with Crippen LogP contribution in [0.5, 0.6) is 5.75 Å². The molecule has 0 saturated carbocycles. The normalized spacial score (nSPS) is 11.2. The first-order chi connectivity index (χ1) is 15.8. The lowest BCUT2D eigenvalue weighted by molar-refractivity contribution is -0.138. The number of carbonyl (C=O) groups excluding carboxylic acids is 1. The number of benzene rings is 1. The number of hydrogen-bond donors (Lipinski definition) is 2. The topological polar surface area (TPSA) is 76.1 Å². The smallest absolute Gasteiger partial charge is 0.420 e. The van der Waals surface area contributed by atoms with E-state index in [4.69, 9.17) is 17.0 Å². The van der Waals surface area contributed by atoms with Gasteiger partial charge in [0.15, 0.2) is 5.11 Å². The minimum Gasteiger partial charge on any atom is -0.493 e. The maximum atomic E-state index is 13.5. The van der Waals surface area contributed by atoms with E-state index in [0.717, 1.165) is 24.5 Å². The molecule has 0 atom stereocenters. The lowest BCUT2D eigenvalue weighted by Gasteiger charge is -2.16. The summed E-state index contributed by atoms with van der Waals surface area (Å²) in [7, 11) is 0. The molecule has 1 amide bonds. The standard InChI is InChI=1S/C22H21F3N4O2S2/c1-2-3-4-10-31-18-8-7-15(11-16(18)22(23,24)25)27-21(32)29-19(30)17-13-33-20(28-17)14-6-5-9-26-12-14/h5-9,11-13H,2-4,10H2,1H3,(H2,27,29,30,32). The predicted octanol–water partition coefficient (Wildman–Crippen LogP) is 5.92. The van der Waals surface area contributed by atoms with E-state index in [1.807, 2.05) is 13.0 Å². The second-order valence-electron chi connectivity index (χ2n) is 6.95. The van der Waals surface area contributed by atoms with Gasteiger partial charge in [0, 0.05) is 29.0 Å². The van der Waals surface area contributed by atoms with E-state index in [-0.39, 0.29) is 28.9 Å². The van der Waals surface area contributed by atoms with Gasteiger partial charge in [-0.05, 0) is 49.0 Å². The van der Waals surface area contributed by atoms with Gasteiger partial charge in [-0.15, -0.1) is 11.3 Å². The Balaban J connectivity index is 1.64. The number of hydrogen-bond acceptors (Lipinski definition) is 6. The zero-order valence-corrected chi connectivity index (χ0v) is 19.2. The van der Waals surface area contributed by atoms with Gasteiger partial charge >= 0.3 is 6.18 Å². The number of unbranched alkanes of at least 4 members (excludes halogenated alkanes) is 2. The van der Waals surface area contributed by atoms with Gasteiger partial charge in [-0.25, -0.2) is 4.98 Å². The highest BCUT2D eigenvalue weighted by Crippen LogP contribution is 2.38. The Morgan fingerprint density at radius 2 is 2.06 bits per heavy atom. The van der Waals surface area contributed by atoms with Crippen LogP contribution in [0.15, 0.2) is 48.1 Å². The fraction of sp³-hybridized carbons (Fsp3) is 0.273. The highest BCUT2D eigenvalue weighted by atomic mass is 32.1. The van der Waals surface area contributed by atoms with Crippen molar-refractivity contribution in [3.05, 3.63) is 59.4 Å². The Labute approximate surface area is 198 Å². The van der Waals surface area contributed by atoms with E-state index in [2.05, 4.69) is 20.6 Å². The third kappa shape index (κ3) is 6.96. The Morgan fingerprint density at radius 3 is 2.76 bits per heavy atom. The number of carbonyl (C=O) groups is 1. The van der Waals surface area contributed by atoms with Gasteiger partial charge < -0.3 is 10.1 Å². The van der Waals surface area contributed by atoms with Gasteiger partial charge in [-0.2, -0.15) is 13.2 Å². The first-order valence-electron chi connectivity index (χ1n) is 10.1. The van der Waals surface area contributed by atoms with Crippen LogP contribution in [-0.4, -0.2) is 27.6 Å². The number of nitrogens with zero attached hydrogens (tertiary/aromatic N) is 2. The Kier molecular flexibility index (Phi) is 8.34. The zero-order chi connectivity index (χ0) is 23.8. The SMILES string of the molecule is CCCCCOc1ccc(NC(=S)NC(=O)c2csc(-c3cccnc3)n2)cc1C(F)(F)F. The quantitative estimate of drug-likeness (QED) is 0.299. The number of thiocarbonyl (C=S) groups is 1. The molecule has 33 heavy (non-hydrogen) atoms. The molecule has 0 saturated heterocycles. The van der Waals surface area contributed by atoms with Crippen LogP contribution >= 0.6 is 23.6 Å². The van der Waals surface area contributed by atoms with Gasteiger partial charge in [0.2, 0.25) is 0 Å². The van der Waals surface area contributed by atoms with Crippen LogP contribution in [0.3, 0.4) is 0 Å². The minimum atomic E-state index is -4.61. The summed E-state index contributed by atoms with van der Waals surface area (Å²) in [6, 6.07) is 7.12. The molecule has 11 heteroatoms. The first-order valence-corrected chi connectivity index (χ1v) is 11.4. The van der Waals surface area contributed by atoms with Crippen LogP contribution in [0.2, 0.25) is 0 Å². The monoisotopic (exact) mass is 494 g/mol. The molecule has 0 aliphatic carbocycles. The Bertz CT molecular complexity index is 1100. The van der Waals surface area contributed by atoms with Crippen molar-refractivity contribution >= 4 is 40.3 Å². The predicted molar refractivity (Wildman–Crippen MR) is 125 cm³/mol. The van der Waals surface area contributed by atoms with E-state index >= 15 is 0 Å². The van der Waals surface area contributed by atoms with Gasteiger partial charge in [0.1, 0.15) is 16.5 Å². The summed E-state index contributed by atoms with van der Waals surface area (Å²) in [5.74, 6) is -0.824. The van der Waals surface area contributed by atoms with Crippen LogP contribution in [0.1, 0.15) is 42.2 Å². The van der Waals surface area contributed by atoms with Crippen molar-refractivity contribution in [3.63, 3.8) is 0 Å². The molecule has 3 rings (SSSR count). The van der Waals surface area contributed by atoms with Crippen LogP contribution in [0, 0.1) is 0 Å². The number of ether oxygens (including phenoxy) is 1. The molecule has 0 aliphatic heterocycles. The van der Waals surface area contributed by atoms with Crippen LogP contribution < -0.4 is 15.4 Å². The van der Waals surface area contributed by atoms with Gasteiger partial charge in [-0.3, -0.25) is 15.1 Å². The minimum absolute atomic E-state index is 0.0721. The van der Waals surface area contributed by atoms with Crippen molar-refractivity contribution in [1.82, 2.24) is 15.3 Å². The first kappa shape index (κ1) is 24.6. The summed E-state index contributed by atoms with van der Waals surface area (Å²) < 4.78 is 45.8. The third-order valence-corrected chi connectivity index (χ3v) is 5.52. The second-order valence-corrected chi connectivity index (χ2v) is 8.22. The number of nitrogens with one attached hydrogen (secondary N) is 2. The van der Waals surface area contributed by atoms with E-state index in [9.17, 15) is 18.0 Å². The van der Waals surface area contributed by atoms with Crippen molar-refractivity contribution in [2.24, 2.45) is 0 Å². The van der Waals surface area contributed by atoms with Crippen LogP contribution in [-0.2, 0) is 6.18 Å². The molecule has 0 unspecified atom stereocenters. The number of halogens is 3. The average Bonchev–Trinajstić information content (AvgIpc) is 3.28. The summed E-state index contributed by atoms with van der Waals surface area (Å²) >= 11 is 6.35. The highest BCUT2D eigenvalue weighted by Gasteiger charge is 2.34. The second kappa shape index (κ2) is 11.2. The van der Waals surface area contributed by atoms with Gasteiger partial charge in [-0.1, -0.05) is 19.8 Å².